The number of benzene rings is 1. The molecule has 0 fully saturated rings. The molecule has 8 heteroatoms. The van der Waals surface area contributed by atoms with Gasteiger partial charge in [-0.2, -0.15) is 5.10 Å². The third-order valence-electron chi connectivity index (χ3n) is 5.24. The standard InChI is InChI=1S/C21H23N5O3/c1-11-9-17-23-13(3)18-19(27)16(10-22-20(18)26(17)25-11)21(28)24-12(2)14-5-7-15(29-4)8-6-14/h5-8,10,12,17H,9H2,1-4H3,(H,22,27)(H,24,28)/t12-,17?/m0/s1. The predicted octanol–water partition coefficient (Wildman–Crippen LogP) is 2.61. The summed E-state index contributed by atoms with van der Waals surface area (Å²) >= 11 is 0. The van der Waals surface area contributed by atoms with Crippen molar-refractivity contribution in [1.29, 1.82) is 0 Å². The number of aliphatic imine (C=N–C) groups is 1. The number of hydrogen-bond donors (Lipinski definition) is 2. The molecule has 4 rings (SSSR count). The minimum Gasteiger partial charge on any atom is -0.497 e. The fourth-order valence-electron chi connectivity index (χ4n) is 3.69. The van der Waals surface area contributed by atoms with Crippen LogP contribution in [-0.2, 0) is 0 Å². The van der Waals surface area contributed by atoms with Crippen LogP contribution in [0.15, 0.2) is 45.4 Å². The van der Waals surface area contributed by atoms with E-state index in [-0.39, 0.29) is 23.2 Å². The maximum absolute atomic E-state index is 13.1. The smallest absolute Gasteiger partial charge is 0.257 e. The van der Waals surface area contributed by atoms with E-state index in [4.69, 9.17) is 4.74 Å². The van der Waals surface area contributed by atoms with Crippen molar-refractivity contribution in [1.82, 2.24) is 10.3 Å². The SMILES string of the molecule is COc1ccc([C@H](C)NC(=O)c2c[nH]c3c(c2=O)C(C)=NC2CC(C)=NN32)cc1. The van der Waals surface area contributed by atoms with Crippen LogP contribution in [0.25, 0.3) is 0 Å². The van der Waals surface area contributed by atoms with Crippen molar-refractivity contribution in [2.75, 3.05) is 12.1 Å². The molecular weight excluding hydrogens is 370 g/mol. The maximum atomic E-state index is 13.1. The lowest BCUT2D eigenvalue weighted by Crippen LogP contribution is -2.38. The molecule has 8 nitrogen and oxygen atoms in total. The lowest BCUT2D eigenvalue weighted by Gasteiger charge is -2.27. The summed E-state index contributed by atoms with van der Waals surface area (Å²) in [5.74, 6) is 0.892. The number of fused-ring (bicyclic) bond motifs is 3. The molecule has 2 aliphatic heterocycles. The zero-order valence-electron chi connectivity index (χ0n) is 16.8. The fraction of sp³-hybridized carbons (Fsp3) is 0.333. The van der Waals surface area contributed by atoms with E-state index in [1.54, 1.807) is 19.0 Å². The highest BCUT2D eigenvalue weighted by molar-refractivity contribution is 6.07. The summed E-state index contributed by atoms with van der Waals surface area (Å²) in [6.45, 7) is 5.59. The number of anilines is 1. The Hall–Kier alpha value is -3.42. The van der Waals surface area contributed by atoms with Crippen molar-refractivity contribution in [2.45, 2.75) is 39.4 Å². The van der Waals surface area contributed by atoms with Crippen LogP contribution in [0.1, 0.15) is 54.7 Å². The fourth-order valence-corrected chi connectivity index (χ4v) is 3.69. The molecule has 29 heavy (non-hydrogen) atoms. The van der Waals surface area contributed by atoms with Crippen LogP contribution < -0.4 is 20.5 Å². The second-order valence-electron chi connectivity index (χ2n) is 7.30. The van der Waals surface area contributed by atoms with Crippen LogP contribution in [0.4, 0.5) is 5.82 Å². The van der Waals surface area contributed by atoms with E-state index in [9.17, 15) is 9.59 Å². The molecule has 0 radical (unpaired) electrons. The minimum atomic E-state index is -0.437. The number of rotatable bonds is 4. The van der Waals surface area contributed by atoms with Gasteiger partial charge in [-0.25, -0.2) is 5.01 Å². The lowest BCUT2D eigenvalue weighted by molar-refractivity contribution is 0.0938. The summed E-state index contributed by atoms with van der Waals surface area (Å²) in [4.78, 5) is 33.6. The van der Waals surface area contributed by atoms with E-state index < -0.39 is 5.91 Å². The third kappa shape index (κ3) is 3.30. The van der Waals surface area contributed by atoms with Gasteiger partial charge in [0.15, 0.2) is 0 Å². The molecule has 2 aliphatic rings. The van der Waals surface area contributed by atoms with Gasteiger partial charge in [0.2, 0.25) is 5.43 Å². The molecule has 1 aromatic heterocycles. The topological polar surface area (TPSA) is 99.1 Å². The summed E-state index contributed by atoms with van der Waals surface area (Å²) in [7, 11) is 1.60. The van der Waals surface area contributed by atoms with Gasteiger partial charge in [0.1, 0.15) is 23.3 Å². The largest absolute Gasteiger partial charge is 0.497 e. The highest BCUT2D eigenvalue weighted by atomic mass is 16.5. The normalized spacial score (nSPS) is 18.3. The molecular formula is C21H23N5O3. The van der Waals surface area contributed by atoms with Gasteiger partial charge < -0.3 is 15.0 Å². The van der Waals surface area contributed by atoms with E-state index >= 15 is 0 Å². The number of carbonyl (C=O) groups is 1. The number of methoxy groups -OCH3 is 1. The van der Waals surface area contributed by atoms with Crippen LogP contribution in [-0.4, -0.2) is 35.6 Å². The number of nitrogens with zero attached hydrogens (tertiary/aromatic N) is 3. The van der Waals surface area contributed by atoms with Crippen molar-refractivity contribution >= 4 is 23.1 Å². The van der Waals surface area contributed by atoms with Gasteiger partial charge in [0, 0.05) is 24.0 Å². The molecule has 0 bridgehead atoms. The number of pyridine rings is 1. The quantitative estimate of drug-likeness (QED) is 0.834. The molecule has 1 amide bonds. The molecule has 150 valence electrons. The van der Waals surface area contributed by atoms with E-state index in [1.807, 2.05) is 38.1 Å². The molecule has 0 spiro atoms. The monoisotopic (exact) mass is 393 g/mol. The Morgan fingerprint density at radius 2 is 2.03 bits per heavy atom. The first-order chi connectivity index (χ1) is 13.9. The Bertz CT molecular complexity index is 1080. The van der Waals surface area contributed by atoms with Crippen molar-refractivity contribution in [2.24, 2.45) is 10.1 Å². The van der Waals surface area contributed by atoms with Gasteiger partial charge in [-0.15, -0.1) is 0 Å². The first-order valence-corrected chi connectivity index (χ1v) is 9.47. The van der Waals surface area contributed by atoms with Crippen LogP contribution in [0, 0.1) is 0 Å². The Morgan fingerprint density at radius 3 is 2.72 bits per heavy atom. The van der Waals surface area contributed by atoms with Gasteiger partial charge in [0.25, 0.3) is 5.91 Å². The van der Waals surface area contributed by atoms with Crippen LogP contribution >= 0.6 is 0 Å². The number of carbonyl (C=O) groups excluding carboxylic acids is 1. The van der Waals surface area contributed by atoms with E-state index in [0.29, 0.717) is 17.1 Å². The Kier molecular flexibility index (Phi) is 4.70. The van der Waals surface area contributed by atoms with Crippen molar-refractivity contribution in [3.8, 4) is 5.75 Å². The Morgan fingerprint density at radius 1 is 1.31 bits per heavy atom. The molecule has 1 aromatic carbocycles. The van der Waals surface area contributed by atoms with Crippen LogP contribution in [0.3, 0.4) is 0 Å². The summed E-state index contributed by atoms with van der Waals surface area (Å²) in [5, 5.41) is 9.07. The highest BCUT2D eigenvalue weighted by Crippen LogP contribution is 2.30. The number of H-pyrrole nitrogens is 1. The molecule has 0 saturated carbocycles. The molecule has 0 saturated heterocycles. The molecule has 2 atom stereocenters. The average molecular weight is 393 g/mol. The van der Waals surface area contributed by atoms with Gasteiger partial charge >= 0.3 is 0 Å². The summed E-state index contributed by atoms with van der Waals surface area (Å²) < 4.78 is 5.16. The average Bonchev–Trinajstić information content (AvgIpc) is 3.08. The van der Waals surface area contributed by atoms with Gasteiger partial charge in [-0.05, 0) is 38.5 Å². The first-order valence-electron chi connectivity index (χ1n) is 9.47. The number of hydrazone groups is 1. The molecule has 2 aromatic rings. The Balaban J connectivity index is 1.61. The summed E-state index contributed by atoms with van der Waals surface area (Å²) in [6, 6.07) is 7.16. The van der Waals surface area contributed by atoms with Crippen LogP contribution in [0.2, 0.25) is 0 Å². The molecule has 2 N–H and O–H groups in total. The van der Waals surface area contributed by atoms with Gasteiger partial charge in [-0.1, -0.05) is 12.1 Å². The number of aromatic nitrogens is 1. The number of ether oxygens (including phenoxy) is 1. The zero-order chi connectivity index (χ0) is 20.7. The van der Waals surface area contributed by atoms with Crippen molar-refractivity contribution in [3.63, 3.8) is 0 Å². The predicted molar refractivity (Wildman–Crippen MR) is 112 cm³/mol. The molecule has 0 aliphatic carbocycles. The zero-order valence-corrected chi connectivity index (χ0v) is 16.8. The minimum absolute atomic E-state index is 0.0528. The number of hydrogen-bond acceptors (Lipinski definition) is 6. The maximum Gasteiger partial charge on any atom is 0.257 e. The lowest BCUT2D eigenvalue weighted by atomic mass is 10.0. The van der Waals surface area contributed by atoms with Crippen molar-refractivity contribution in [3.05, 3.63) is 57.4 Å². The Labute approximate surface area is 168 Å². The number of nitrogens with one attached hydrogen (secondary N) is 2. The first kappa shape index (κ1) is 18.9. The highest BCUT2D eigenvalue weighted by Gasteiger charge is 2.34. The van der Waals surface area contributed by atoms with Gasteiger partial charge in [0.05, 0.1) is 18.7 Å². The second kappa shape index (κ2) is 7.20. The molecule has 1 unspecified atom stereocenters. The van der Waals surface area contributed by atoms with E-state index in [1.165, 1.54) is 6.20 Å². The third-order valence-corrected chi connectivity index (χ3v) is 5.24. The molecule has 3 heterocycles. The van der Waals surface area contributed by atoms with E-state index in [2.05, 4.69) is 20.4 Å². The van der Waals surface area contributed by atoms with Crippen molar-refractivity contribution < 1.29 is 9.53 Å². The van der Waals surface area contributed by atoms with Gasteiger partial charge in [-0.3, -0.25) is 14.6 Å². The van der Waals surface area contributed by atoms with Crippen LogP contribution in [0.5, 0.6) is 5.75 Å². The second-order valence-corrected chi connectivity index (χ2v) is 7.30. The summed E-state index contributed by atoms with van der Waals surface area (Å²) in [6.07, 6.45) is 2.05. The summed E-state index contributed by atoms with van der Waals surface area (Å²) in [5.41, 5.74) is 2.58. The van der Waals surface area contributed by atoms with E-state index in [0.717, 1.165) is 23.4 Å². The number of aromatic amines is 1. The number of amides is 1.